The van der Waals surface area contributed by atoms with Crippen molar-refractivity contribution in [3.63, 3.8) is 0 Å². The van der Waals surface area contributed by atoms with Crippen LogP contribution in [0.2, 0.25) is 0 Å². The Balaban J connectivity index is 1.76. The molecule has 7 heteroatoms. The van der Waals surface area contributed by atoms with Gasteiger partial charge in [-0.3, -0.25) is 9.67 Å². The van der Waals surface area contributed by atoms with Crippen LogP contribution in [0.1, 0.15) is 29.4 Å². The fraction of sp³-hybridized carbons (Fsp3) is 0.333. The van der Waals surface area contributed by atoms with E-state index >= 15 is 0 Å². The molecule has 0 amide bonds. The molecule has 0 unspecified atom stereocenters. The van der Waals surface area contributed by atoms with E-state index in [1.807, 2.05) is 48.4 Å². The molecule has 5 rings (SSSR count). The summed E-state index contributed by atoms with van der Waals surface area (Å²) >= 11 is 0. The average molecular weight is 371 g/mol. The molecule has 0 radical (unpaired) electrons. The number of fused-ring (bicyclic) bond motifs is 3. The molecule has 4 aromatic rings. The zero-order chi connectivity index (χ0) is 19.3. The Morgan fingerprint density at radius 1 is 1.25 bits per heavy atom. The second-order valence-corrected chi connectivity index (χ2v) is 7.65. The number of likely N-dealkylation sites (N-methyl/N-ethyl adjacent to an activating group) is 1. The molecule has 0 bridgehead atoms. The van der Waals surface area contributed by atoms with E-state index in [0.29, 0.717) is 18.2 Å². The Morgan fingerprint density at radius 2 is 2.14 bits per heavy atom. The average Bonchev–Trinajstić information content (AvgIpc) is 3.39. The lowest BCUT2D eigenvalue weighted by atomic mass is 10.1. The van der Waals surface area contributed by atoms with Gasteiger partial charge in [0.1, 0.15) is 11.3 Å². The number of likely N-dealkylation sites (tertiary alicyclic amines) is 1. The largest absolute Gasteiger partial charge is 0.321 e. The number of nitrogens with zero attached hydrogens (tertiary/aromatic N) is 7. The number of hydrogen-bond donors (Lipinski definition) is 0. The number of aryl methyl sites for hydroxylation is 1. The minimum Gasteiger partial charge on any atom is -0.321 e. The lowest BCUT2D eigenvalue weighted by molar-refractivity contribution is 0.391. The molecule has 3 aromatic heterocycles. The molecule has 1 fully saturated rings. The summed E-state index contributed by atoms with van der Waals surface area (Å²) in [5, 5.41) is 14.8. The number of nitriles is 1. The number of rotatable bonds is 3. The first-order valence-corrected chi connectivity index (χ1v) is 9.49. The van der Waals surface area contributed by atoms with Crippen molar-refractivity contribution in [3.8, 4) is 6.07 Å². The van der Waals surface area contributed by atoms with E-state index in [9.17, 15) is 5.26 Å². The zero-order valence-corrected chi connectivity index (χ0v) is 16.0. The van der Waals surface area contributed by atoms with Crippen molar-refractivity contribution < 1.29 is 0 Å². The van der Waals surface area contributed by atoms with E-state index in [4.69, 9.17) is 4.98 Å². The van der Waals surface area contributed by atoms with Crippen molar-refractivity contribution >= 4 is 21.9 Å². The van der Waals surface area contributed by atoms with Crippen LogP contribution in [0.4, 0.5) is 0 Å². The minimum absolute atomic E-state index is 0.345. The second-order valence-electron chi connectivity index (χ2n) is 7.65. The summed E-state index contributed by atoms with van der Waals surface area (Å²) in [5.41, 5.74) is 4.61. The second kappa shape index (κ2) is 6.43. The first-order chi connectivity index (χ1) is 13.6. The quantitative estimate of drug-likeness (QED) is 0.553. The Kier molecular flexibility index (Phi) is 3.88. The summed E-state index contributed by atoms with van der Waals surface area (Å²) in [5.74, 6) is 0.982. The molecule has 1 aliphatic rings. The van der Waals surface area contributed by atoms with Gasteiger partial charge in [-0.2, -0.15) is 10.4 Å². The third-order valence-electron chi connectivity index (χ3n) is 5.52. The molecule has 28 heavy (non-hydrogen) atoms. The predicted molar refractivity (Wildman–Crippen MR) is 107 cm³/mol. The standard InChI is InChI=1S/C21H21N7/c1-14-9-24-27(11-14)13-20-25-19-10-23-18-4-3-15(8-22)7-17(18)21(19)28(20)16-5-6-26(2)12-16/h3-4,7,9-11,16H,5-6,12-13H2,1-2H3/t16-/m0/s1. The van der Waals surface area contributed by atoms with Crippen LogP contribution in [-0.4, -0.2) is 49.4 Å². The lowest BCUT2D eigenvalue weighted by Crippen LogP contribution is -2.19. The van der Waals surface area contributed by atoms with E-state index in [1.165, 1.54) is 0 Å². The van der Waals surface area contributed by atoms with E-state index < -0.39 is 0 Å². The summed E-state index contributed by atoms with van der Waals surface area (Å²) < 4.78 is 4.29. The van der Waals surface area contributed by atoms with Gasteiger partial charge in [0.05, 0.1) is 41.6 Å². The highest BCUT2D eigenvalue weighted by Gasteiger charge is 2.26. The fourth-order valence-corrected chi connectivity index (χ4v) is 4.22. The van der Waals surface area contributed by atoms with Gasteiger partial charge in [0.15, 0.2) is 0 Å². The van der Waals surface area contributed by atoms with Gasteiger partial charge in [0.25, 0.3) is 0 Å². The highest BCUT2D eigenvalue weighted by molar-refractivity contribution is 6.02. The summed E-state index contributed by atoms with van der Waals surface area (Å²) in [6.45, 7) is 4.71. The highest BCUT2D eigenvalue weighted by atomic mass is 15.3. The van der Waals surface area contributed by atoms with Crippen LogP contribution in [-0.2, 0) is 6.54 Å². The van der Waals surface area contributed by atoms with Gasteiger partial charge < -0.3 is 9.47 Å². The number of imidazole rings is 1. The maximum absolute atomic E-state index is 9.38. The van der Waals surface area contributed by atoms with Crippen molar-refractivity contribution in [1.82, 2.24) is 29.2 Å². The normalized spacial score (nSPS) is 17.5. The summed E-state index contributed by atoms with van der Waals surface area (Å²) in [6, 6.07) is 8.27. The molecule has 1 saturated heterocycles. The van der Waals surface area contributed by atoms with Gasteiger partial charge in [0, 0.05) is 24.2 Å². The number of hydrogen-bond acceptors (Lipinski definition) is 5. The summed E-state index contributed by atoms with van der Waals surface area (Å²) in [4.78, 5) is 11.9. The molecule has 1 aromatic carbocycles. The van der Waals surface area contributed by atoms with Gasteiger partial charge in [0.2, 0.25) is 0 Å². The van der Waals surface area contributed by atoms with E-state index in [1.54, 1.807) is 0 Å². The van der Waals surface area contributed by atoms with Crippen LogP contribution >= 0.6 is 0 Å². The SMILES string of the molecule is Cc1cnn(Cc2nc3cnc4ccc(C#N)cc4c3n2[C@H]2CCN(C)C2)c1. The predicted octanol–water partition coefficient (Wildman–Crippen LogP) is 2.89. The topological polar surface area (TPSA) is 75.6 Å². The van der Waals surface area contributed by atoms with Crippen LogP contribution in [0, 0.1) is 18.3 Å². The molecule has 1 aliphatic heterocycles. The Labute approximate surface area is 162 Å². The maximum atomic E-state index is 9.38. The molecular weight excluding hydrogens is 350 g/mol. The molecule has 0 spiro atoms. The monoisotopic (exact) mass is 371 g/mol. The number of aromatic nitrogens is 5. The van der Waals surface area contributed by atoms with Gasteiger partial charge in [-0.15, -0.1) is 0 Å². The van der Waals surface area contributed by atoms with Crippen LogP contribution in [0.3, 0.4) is 0 Å². The summed E-state index contributed by atoms with van der Waals surface area (Å²) in [6.07, 6.45) is 6.83. The van der Waals surface area contributed by atoms with Crippen LogP contribution in [0.25, 0.3) is 21.9 Å². The van der Waals surface area contributed by atoms with Crippen LogP contribution in [0.15, 0.2) is 36.8 Å². The molecule has 7 nitrogen and oxygen atoms in total. The molecule has 140 valence electrons. The van der Waals surface area contributed by atoms with Crippen LogP contribution < -0.4 is 0 Å². The van der Waals surface area contributed by atoms with E-state index in [2.05, 4.69) is 32.7 Å². The Hall–Kier alpha value is -3.24. The third-order valence-corrected chi connectivity index (χ3v) is 5.52. The van der Waals surface area contributed by atoms with Gasteiger partial charge in [-0.05, 0) is 50.7 Å². The molecule has 4 heterocycles. The van der Waals surface area contributed by atoms with Crippen molar-refractivity contribution in [3.05, 3.63) is 53.7 Å². The minimum atomic E-state index is 0.345. The zero-order valence-electron chi connectivity index (χ0n) is 16.0. The first-order valence-electron chi connectivity index (χ1n) is 9.49. The van der Waals surface area contributed by atoms with Crippen molar-refractivity contribution in [1.29, 1.82) is 5.26 Å². The third kappa shape index (κ3) is 2.74. The van der Waals surface area contributed by atoms with Gasteiger partial charge >= 0.3 is 0 Å². The van der Waals surface area contributed by atoms with Crippen LogP contribution in [0.5, 0.6) is 0 Å². The van der Waals surface area contributed by atoms with Crippen molar-refractivity contribution in [2.75, 3.05) is 20.1 Å². The molecule has 1 atom stereocenters. The number of pyridine rings is 1. The molecule has 0 N–H and O–H groups in total. The lowest BCUT2D eigenvalue weighted by Gasteiger charge is -2.18. The van der Waals surface area contributed by atoms with Crippen molar-refractivity contribution in [2.45, 2.75) is 25.9 Å². The Bertz CT molecular complexity index is 1230. The maximum Gasteiger partial charge on any atom is 0.132 e. The fourth-order valence-electron chi connectivity index (χ4n) is 4.22. The molecular formula is C21H21N7. The smallest absolute Gasteiger partial charge is 0.132 e. The van der Waals surface area contributed by atoms with E-state index in [-0.39, 0.29) is 0 Å². The Morgan fingerprint density at radius 3 is 2.86 bits per heavy atom. The highest BCUT2D eigenvalue weighted by Crippen LogP contribution is 2.32. The van der Waals surface area contributed by atoms with E-state index in [0.717, 1.165) is 52.8 Å². The van der Waals surface area contributed by atoms with Gasteiger partial charge in [-0.25, -0.2) is 4.98 Å². The molecule has 0 aliphatic carbocycles. The molecule has 0 saturated carbocycles. The van der Waals surface area contributed by atoms with Gasteiger partial charge in [-0.1, -0.05) is 0 Å². The van der Waals surface area contributed by atoms with Crippen molar-refractivity contribution in [2.24, 2.45) is 0 Å². The number of benzene rings is 1. The first kappa shape index (κ1) is 16.9. The summed E-state index contributed by atoms with van der Waals surface area (Å²) in [7, 11) is 2.16.